The number of rotatable bonds is 2. The van der Waals surface area contributed by atoms with Crippen LogP contribution in [0.3, 0.4) is 0 Å². The first kappa shape index (κ1) is 34.6. The van der Waals surface area contributed by atoms with Crippen LogP contribution in [0.2, 0.25) is 0 Å². The molecule has 0 unspecified atom stereocenters. The summed E-state index contributed by atoms with van der Waals surface area (Å²) in [6, 6.07) is 28.8. The van der Waals surface area contributed by atoms with Gasteiger partial charge < -0.3 is 41.9 Å². The van der Waals surface area contributed by atoms with E-state index in [1.807, 2.05) is 98.4 Å². The Labute approximate surface area is 297 Å². The number of furan rings is 2. The Bertz CT molecular complexity index is 1930. The van der Waals surface area contributed by atoms with Crippen molar-refractivity contribution in [3.8, 4) is 0 Å². The number of allylic oxidation sites excluding steroid dienone is 4. The molecule has 1 aliphatic carbocycles. The van der Waals surface area contributed by atoms with E-state index in [-0.39, 0.29) is 27.5 Å². The molecule has 0 atom stereocenters. The quantitative estimate of drug-likeness (QED) is 0.128. The average molecular weight is 813 g/mol. The molecule has 0 saturated heterocycles. The molecule has 6 nitrogen and oxygen atoms in total. The van der Waals surface area contributed by atoms with Gasteiger partial charge in [0, 0.05) is 41.7 Å². The van der Waals surface area contributed by atoms with Gasteiger partial charge in [-0.1, -0.05) is 85.7 Å². The SMILES string of the molecule is CN1C=CN(c2cccc3c2oc2ccccc23)[CH-]1.CN1C=CN(c2cccc3c2oc2ccccc23)[CH-]1.[C-]1=CCC/C=C\CC1.[CH3-].[Ir]. The maximum atomic E-state index is 6.02. The molecule has 0 N–H and O–H groups in total. The van der Waals surface area contributed by atoms with Gasteiger partial charge in [-0.2, -0.15) is 19.8 Å². The third-order valence-electron chi connectivity index (χ3n) is 8.11. The smallest absolute Gasteiger partial charge is 0.156 e. The normalized spacial score (nSPS) is 15.9. The van der Waals surface area contributed by atoms with Gasteiger partial charge in [0.05, 0.1) is 11.4 Å². The molecule has 7 heteroatoms. The molecule has 0 spiro atoms. The molecule has 4 aromatic carbocycles. The van der Waals surface area contributed by atoms with Crippen LogP contribution in [0.15, 0.2) is 137 Å². The second-order valence-corrected chi connectivity index (χ2v) is 11.5. The molecule has 48 heavy (non-hydrogen) atoms. The fraction of sp³-hybridized carbons (Fsp3) is 0.146. The molecule has 3 aliphatic rings. The van der Waals surface area contributed by atoms with Gasteiger partial charge in [-0.25, -0.2) is 0 Å². The molecule has 0 bridgehead atoms. The topological polar surface area (TPSA) is 39.2 Å². The zero-order valence-electron chi connectivity index (χ0n) is 27.5. The van der Waals surface area contributed by atoms with Gasteiger partial charge >= 0.3 is 0 Å². The van der Waals surface area contributed by atoms with Crippen LogP contribution in [0.4, 0.5) is 11.4 Å². The van der Waals surface area contributed by atoms with Crippen molar-refractivity contribution in [2.45, 2.75) is 25.7 Å². The van der Waals surface area contributed by atoms with E-state index in [2.05, 4.69) is 82.6 Å². The van der Waals surface area contributed by atoms with E-state index in [0.29, 0.717) is 0 Å². The molecule has 2 aromatic heterocycles. The minimum atomic E-state index is 0. The maximum Gasteiger partial charge on any atom is 0.156 e. The van der Waals surface area contributed by atoms with Crippen molar-refractivity contribution >= 4 is 55.3 Å². The minimum Gasteiger partial charge on any atom is -0.510 e. The molecule has 0 fully saturated rings. The molecule has 2 aliphatic heterocycles. The van der Waals surface area contributed by atoms with Gasteiger partial charge in [-0.05, 0) is 69.6 Å². The van der Waals surface area contributed by atoms with Crippen molar-refractivity contribution in [2.75, 3.05) is 23.9 Å². The van der Waals surface area contributed by atoms with E-state index in [4.69, 9.17) is 8.83 Å². The largest absolute Gasteiger partial charge is 0.510 e. The zero-order chi connectivity index (χ0) is 31.3. The Morgan fingerprint density at radius 3 is 1.54 bits per heavy atom. The monoisotopic (exact) mass is 813 g/mol. The van der Waals surface area contributed by atoms with Crippen molar-refractivity contribution in [1.29, 1.82) is 0 Å². The summed E-state index contributed by atoms with van der Waals surface area (Å²) in [6.45, 7) is 4.06. The summed E-state index contributed by atoms with van der Waals surface area (Å²) in [4.78, 5) is 8.18. The Hall–Kier alpha value is -4.71. The van der Waals surface area contributed by atoms with Crippen LogP contribution in [-0.2, 0) is 20.1 Å². The zero-order valence-corrected chi connectivity index (χ0v) is 29.9. The summed E-state index contributed by atoms with van der Waals surface area (Å²) >= 11 is 0. The summed E-state index contributed by atoms with van der Waals surface area (Å²) in [6.07, 6.45) is 22.6. The standard InChI is InChI=1S/2C16H13N2O.C8H11.CH3.Ir/c2*1-17-9-10-18(11-17)14-7-4-6-13-12-5-2-3-8-15(12)19-16(13)14;1-2-4-6-8-7-5-3-1;;/h2*2-11H,1H3;1-2,7H,3-6H2;1H3;/q4*-1;/b;;2-1-;;. The molecule has 249 valence electrons. The second-order valence-electron chi connectivity index (χ2n) is 11.5. The summed E-state index contributed by atoms with van der Waals surface area (Å²) in [7, 11) is 4.02. The molecule has 1 radical (unpaired) electrons. The van der Waals surface area contributed by atoms with Gasteiger partial charge in [-0.3, -0.25) is 6.08 Å². The predicted molar refractivity (Wildman–Crippen MR) is 197 cm³/mol. The van der Waals surface area contributed by atoms with Gasteiger partial charge in [0.25, 0.3) is 0 Å². The summed E-state index contributed by atoms with van der Waals surface area (Å²) < 4.78 is 12.0. The molecule has 0 amide bonds. The Kier molecular flexibility index (Phi) is 11.5. The van der Waals surface area contributed by atoms with Crippen LogP contribution in [0.5, 0.6) is 0 Å². The van der Waals surface area contributed by atoms with E-state index in [1.165, 1.54) is 19.3 Å². The van der Waals surface area contributed by atoms with Crippen LogP contribution in [0.25, 0.3) is 43.9 Å². The molecule has 6 aromatic rings. The Morgan fingerprint density at radius 1 is 0.562 bits per heavy atom. The Morgan fingerprint density at radius 2 is 1.04 bits per heavy atom. The van der Waals surface area contributed by atoms with Crippen LogP contribution < -0.4 is 9.80 Å². The van der Waals surface area contributed by atoms with E-state index < -0.39 is 0 Å². The van der Waals surface area contributed by atoms with Crippen LogP contribution >= 0.6 is 0 Å². The minimum absolute atomic E-state index is 0. The summed E-state index contributed by atoms with van der Waals surface area (Å²) in [5, 5.41) is 4.64. The first-order valence-electron chi connectivity index (χ1n) is 15.7. The summed E-state index contributed by atoms with van der Waals surface area (Å²) in [5.41, 5.74) is 5.85. The molecule has 4 heterocycles. The molecule has 0 saturated carbocycles. The number of benzene rings is 4. The number of para-hydroxylation sites is 4. The van der Waals surface area contributed by atoms with Crippen molar-refractivity contribution in [3.05, 3.63) is 155 Å². The fourth-order valence-corrected chi connectivity index (χ4v) is 5.84. The van der Waals surface area contributed by atoms with E-state index >= 15 is 0 Å². The fourth-order valence-electron chi connectivity index (χ4n) is 5.84. The van der Waals surface area contributed by atoms with E-state index in [9.17, 15) is 0 Å². The van der Waals surface area contributed by atoms with Crippen LogP contribution in [0.1, 0.15) is 25.7 Å². The first-order valence-corrected chi connectivity index (χ1v) is 15.7. The predicted octanol–water partition coefficient (Wildman–Crippen LogP) is 10.8. The molecule has 9 rings (SSSR count). The van der Waals surface area contributed by atoms with E-state index in [0.717, 1.165) is 61.7 Å². The van der Waals surface area contributed by atoms with Gasteiger partial charge in [0.15, 0.2) is 11.2 Å². The van der Waals surface area contributed by atoms with E-state index in [1.54, 1.807) is 0 Å². The first-order chi connectivity index (χ1) is 22.7. The van der Waals surface area contributed by atoms with Gasteiger partial charge in [0.1, 0.15) is 11.2 Å². The number of hydrogen-bond acceptors (Lipinski definition) is 6. The van der Waals surface area contributed by atoms with Crippen LogP contribution in [0, 0.1) is 26.8 Å². The number of fused-ring (bicyclic) bond motifs is 6. The average Bonchev–Trinajstić information content (AvgIpc) is 3.86. The van der Waals surface area contributed by atoms with Crippen molar-refractivity contribution in [1.82, 2.24) is 9.80 Å². The number of anilines is 2. The molecular formula is C41H40IrN4O2-4. The third-order valence-corrected chi connectivity index (χ3v) is 8.11. The number of hydrogen-bond donors (Lipinski definition) is 0. The summed E-state index contributed by atoms with van der Waals surface area (Å²) in [5.74, 6) is 0. The van der Waals surface area contributed by atoms with Crippen molar-refractivity contribution < 1.29 is 28.9 Å². The maximum absolute atomic E-state index is 6.02. The van der Waals surface area contributed by atoms with Gasteiger partial charge in [0.2, 0.25) is 0 Å². The third kappa shape index (κ3) is 7.38. The number of nitrogens with zero attached hydrogens (tertiary/aromatic N) is 4. The molecular weight excluding hydrogens is 773 g/mol. The van der Waals surface area contributed by atoms with Gasteiger partial charge in [-0.15, -0.1) is 0 Å². The Balaban J connectivity index is 0.000000149. The second kappa shape index (κ2) is 15.9. The van der Waals surface area contributed by atoms with Crippen molar-refractivity contribution in [3.63, 3.8) is 0 Å². The van der Waals surface area contributed by atoms with Crippen LogP contribution in [-0.4, -0.2) is 23.9 Å². The van der Waals surface area contributed by atoms with Crippen molar-refractivity contribution in [2.24, 2.45) is 0 Å².